The zero-order valence-corrected chi connectivity index (χ0v) is 17.3. The summed E-state index contributed by atoms with van der Waals surface area (Å²) in [5.74, 6) is -1.31. The van der Waals surface area contributed by atoms with Gasteiger partial charge in [-0.15, -0.1) is 0 Å². The minimum atomic E-state index is -0.777. The SMILES string of the molecule is CCOC(=O)C1=C(c2ccccc2)NC(SCC(=O)OC)=C(C#N)[C@@H]1c1ccco1. The van der Waals surface area contributed by atoms with Gasteiger partial charge in [0.1, 0.15) is 5.76 Å². The van der Waals surface area contributed by atoms with Crippen molar-refractivity contribution in [1.29, 1.82) is 5.26 Å². The Labute approximate surface area is 178 Å². The van der Waals surface area contributed by atoms with Gasteiger partial charge in [-0.3, -0.25) is 4.79 Å². The van der Waals surface area contributed by atoms with Crippen molar-refractivity contribution in [3.63, 3.8) is 0 Å². The molecule has 154 valence electrons. The van der Waals surface area contributed by atoms with Gasteiger partial charge in [-0.25, -0.2) is 4.79 Å². The van der Waals surface area contributed by atoms with Crippen LogP contribution in [0.1, 0.15) is 24.2 Å². The number of benzene rings is 1. The number of thioether (sulfide) groups is 1. The van der Waals surface area contributed by atoms with Crippen molar-refractivity contribution >= 4 is 29.4 Å². The first-order chi connectivity index (χ1) is 14.6. The summed E-state index contributed by atoms with van der Waals surface area (Å²) in [6.45, 7) is 1.91. The number of ether oxygens (including phenoxy) is 2. The lowest BCUT2D eigenvalue weighted by atomic mass is 9.84. The van der Waals surface area contributed by atoms with Crippen molar-refractivity contribution in [2.24, 2.45) is 0 Å². The number of nitrogens with one attached hydrogen (secondary N) is 1. The molecule has 1 aliphatic rings. The van der Waals surface area contributed by atoms with E-state index in [0.717, 1.165) is 17.3 Å². The van der Waals surface area contributed by atoms with Gasteiger partial charge in [0.2, 0.25) is 0 Å². The van der Waals surface area contributed by atoms with Crippen molar-refractivity contribution in [2.75, 3.05) is 19.5 Å². The average molecular weight is 424 g/mol. The molecule has 0 amide bonds. The maximum Gasteiger partial charge on any atom is 0.337 e. The third-order valence-corrected chi connectivity index (χ3v) is 5.39. The summed E-state index contributed by atoms with van der Waals surface area (Å²) in [6, 6.07) is 14.8. The van der Waals surface area contributed by atoms with Crippen molar-refractivity contribution in [3.8, 4) is 6.07 Å². The van der Waals surface area contributed by atoms with E-state index in [-0.39, 0.29) is 23.5 Å². The number of nitriles is 1. The van der Waals surface area contributed by atoms with Crippen LogP contribution in [0.5, 0.6) is 0 Å². The fourth-order valence-corrected chi connectivity index (χ4v) is 3.96. The molecule has 0 spiro atoms. The van der Waals surface area contributed by atoms with Gasteiger partial charge in [-0.2, -0.15) is 5.26 Å². The van der Waals surface area contributed by atoms with E-state index in [1.54, 1.807) is 19.1 Å². The second kappa shape index (κ2) is 9.85. The summed E-state index contributed by atoms with van der Waals surface area (Å²) in [5.41, 5.74) is 1.78. The molecule has 0 aliphatic carbocycles. The average Bonchev–Trinajstić information content (AvgIpc) is 3.31. The van der Waals surface area contributed by atoms with Crippen LogP contribution in [-0.2, 0) is 19.1 Å². The maximum absolute atomic E-state index is 13.0. The number of furan rings is 1. The topological polar surface area (TPSA) is 102 Å². The van der Waals surface area contributed by atoms with Gasteiger partial charge in [-0.1, -0.05) is 42.1 Å². The number of hydrogen-bond acceptors (Lipinski definition) is 8. The number of carbonyl (C=O) groups excluding carboxylic acids is 2. The smallest absolute Gasteiger partial charge is 0.337 e. The summed E-state index contributed by atoms with van der Waals surface area (Å²) < 4.78 is 15.6. The number of hydrogen-bond donors (Lipinski definition) is 1. The minimum absolute atomic E-state index is 0.00565. The predicted octanol–water partition coefficient (Wildman–Crippen LogP) is 3.58. The van der Waals surface area contributed by atoms with Gasteiger partial charge in [0, 0.05) is 0 Å². The van der Waals surface area contributed by atoms with Crippen LogP contribution in [0.25, 0.3) is 5.70 Å². The van der Waals surface area contributed by atoms with Gasteiger partial charge in [0.15, 0.2) is 0 Å². The van der Waals surface area contributed by atoms with E-state index in [1.165, 1.54) is 13.4 Å². The van der Waals surface area contributed by atoms with Crippen LogP contribution < -0.4 is 5.32 Å². The van der Waals surface area contributed by atoms with E-state index in [1.807, 2.05) is 30.3 Å². The molecule has 7 nitrogen and oxygen atoms in total. The normalized spacial score (nSPS) is 16.0. The first-order valence-electron chi connectivity index (χ1n) is 9.21. The molecule has 1 aromatic carbocycles. The van der Waals surface area contributed by atoms with Crippen LogP contribution in [-0.4, -0.2) is 31.4 Å². The fraction of sp³-hybridized carbons (Fsp3) is 0.227. The zero-order chi connectivity index (χ0) is 21.5. The second-order valence-electron chi connectivity index (χ2n) is 6.17. The summed E-state index contributed by atoms with van der Waals surface area (Å²) in [4.78, 5) is 24.7. The largest absolute Gasteiger partial charge is 0.468 e. The van der Waals surface area contributed by atoms with Crippen LogP contribution in [0.15, 0.2) is 69.3 Å². The van der Waals surface area contributed by atoms with Gasteiger partial charge in [-0.05, 0) is 24.6 Å². The Kier molecular flexibility index (Phi) is 6.99. The molecule has 1 aliphatic heterocycles. The van der Waals surface area contributed by atoms with Crippen LogP contribution in [0.2, 0.25) is 0 Å². The summed E-state index contributed by atoms with van der Waals surface area (Å²) >= 11 is 1.13. The quantitative estimate of drug-likeness (QED) is 0.673. The van der Waals surface area contributed by atoms with Gasteiger partial charge in [0.25, 0.3) is 0 Å². The second-order valence-corrected chi connectivity index (χ2v) is 7.15. The lowest BCUT2D eigenvalue weighted by Gasteiger charge is -2.29. The first kappa shape index (κ1) is 21.3. The van der Waals surface area contributed by atoms with Gasteiger partial charge in [0.05, 0.1) is 59.6 Å². The molecule has 2 aromatic rings. The van der Waals surface area contributed by atoms with E-state index in [2.05, 4.69) is 11.4 Å². The third-order valence-electron chi connectivity index (χ3n) is 4.40. The molecule has 0 unspecified atom stereocenters. The highest BCUT2D eigenvalue weighted by atomic mass is 32.2. The van der Waals surface area contributed by atoms with Gasteiger partial charge < -0.3 is 19.2 Å². The highest BCUT2D eigenvalue weighted by molar-refractivity contribution is 8.03. The molecule has 1 N–H and O–H groups in total. The Bertz CT molecular complexity index is 1020. The highest BCUT2D eigenvalue weighted by Gasteiger charge is 2.38. The number of dihydropyridines is 1. The molecule has 0 radical (unpaired) electrons. The molecule has 30 heavy (non-hydrogen) atoms. The zero-order valence-electron chi connectivity index (χ0n) is 16.5. The van der Waals surface area contributed by atoms with E-state index in [9.17, 15) is 14.9 Å². The van der Waals surface area contributed by atoms with Crippen LogP contribution >= 0.6 is 11.8 Å². The Balaban J connectivity index is 2.19. The van der Waals surface area contributed by atoms with Crippen LogP contribution in [0.4, 0.5) is 0 Å². The molecule has 0 saturated carbocycles. The summed E-state index contributed by atoms with van der Waals surface area (Å²) in [7, 11) is 1.30. The number of nitrogens with zero attached hydrogens (tertiary/aromatic N) is 1. The fourth-order valence-electron chi connectivity index (χ4n) is 3.09. The monoisotopic (exact) mass is 424 g/mol. The first-order valence-corrected chi connectivity index (χ1v) is 10.2. The van der Waals surface area contributed by atoms with E-state index < -0.39 is 17.9 Å². The standard InChI is InChI=1S/C22H20N2O5S/c1-3-28-22(26)19-18(16-10-7-11-29-16)15(12-23)21(30-13-17(25)27-2)24-20(19)14-8-5-4-6-9-14/h4-11,18,24H,3,13H2,1-2H3/t18-/m1/s1. The Morgan fingerprint density at radius 2 is 2.00 bits per heavy atom. The number of rotatable bonds is 7. The van der Waals surface area contributed by atoms with Gasteiger partial charge >= 0.3 is 11.9 Å². The molecular weight excluding hydrogens is 404 g/mol. The van der Waals surface area contributed by atoms with Crippen LogP contribution in [0, 0.1) is 11.3 Å². The lowest BCUT2D eigenvalue weighted by Crippen LogP contribution is -2.29. The van der Waals surface area contributed by atoms with Crippen molar-refractivity contribution < 1.29 is 23.5 Å². The lowest BCUT2D eigenvalue weighted by molar-refractivity contribution is -0.139. The number of methoxy groups -OCH3 is 1. The molecule has 1 aromatic heterocycles. The molecule has 2 heterocycles. The van der Waals surface area contributed by atoms with Crippen LogP contribution in [0.3, 0.4) is 0 Å². The third kappa shape index (κ3) is 4.42. The number of carbonyl (C=O) groups is 2. The van der Waals surface area contributed by atoms with E-state index >= 15 is 0 Å². The molecule has 1 atom stereocenters. The molecule has 0 bridgehead atoms. The highest BCUT2D eigenvalue weighted by Crippen LogP contribution is 2.43. The molecule has 8 heteroatoms. The summed E-state index contributed by atoms with van der Waals surface area (Å²) in [6.07, 6.45) is 1.48. The van der Waals surface area contributed by atoms with Crippen molar-refractivity contribution in [2.45, 2.75) is 12.8 Å². The molecule has 0 fully saturated rings. The van der Waals surface area contributed by atoms with Crippen molar-refractivity contribution in [1.82, 2.24) is 5.32 Å². The Hall–Kier alpha value is -3.44. The maximum atomic E-state index is 13.0. The molecule has 3 rings (SSSR count). The van der Waals surface area contributed by atoms with Crippen molar-refractivity contribution in [3.05, 3.63) is 76.2 Å². The Morgan fingerprint density at radius 3 is 2.60 bits per heavy atom. The number of allylic oxidation sites excluding steroid dienone is 1. The molecule has 0 saturated heterocycles. The Morgan fingerprint density at radius 1 is 1.23 bits per heavy atom. The predicted molar refractivity (Wildman–Crippen MR) is 112 cm³/mol. The minimum Gasteiger partial charge on any atom is -0.468 e. The van der Waals surface area contributed by atoms with E-state index in [0.29, 0.717) is 16.5 Å². The molecular formula is C22H20N2O5S. The van der Waals surface area contributed by atoms with E-state index in [4.69, 9.17) is 13.9 Å². The number of esters is 2. The summed E-state index contributed by atoms with van der Waals surface area (Å²) in [5, 5.41) is 13.6.